The normalized spacial score (nSPS) is 14.2. The molecule has 1 aliphatic carbocycles. The lowest BCUT2D eigenvalue weighted by atomic mass is 9.97. The van der Waals surface area contributed by atoms with Crippen molar-refractivity contribution in [3.8, 4) is 5.75 Å². The Labute approximate surface area is 185 Å². The standard InChI is InChI=1S/C24H30N2O4S/c1-26(31(28,29)23-14-12-22(30-2)13-15-23)18-20-8-10-21(11-9-20)24(27)25-17-16-19-6-4-3-5-7-19/h6,8-15H,3-5,7,16-18H2,1-2H3,(H,25,27). The number of carbonyl (C=O) groups excluding carboxylic acids is 1. The second kappa shape index (κ2) is 10.6. The third kappa shape index (κ3) is 6.18. The van der Waals surface area contributed by atoms with Gasteiger partial charge in [0.15, 0.2) is 0 Å². The van der Waals surface area contributed by atoms with Gasteiger partial charge in [0, 0.05) is 25.7 Å². The number of methoxy groups -OCH3 is 1. The fourth-order valence-electron chi connectivity index (χ4n) is 3.60. The molecule has 0 saturated heterocycles. The van der Waals surface area contributed by atoms with Gasteiger partial charge in [-0.3, -0.25) is 4.79 Å². The molecular weight excluding hydrogens is 412 g/mol. The fraction of sp³-hybridized carbons (Fsp3) is 0.375. The first-order valence-electron chi connectivity index (χ1n) is 10.6. The van der Waals surface area contributed by atoms with E-state index in [-0.39, 0.29) is 17.3 Å². The molecule has 3 rings (SSSR count). The van der Waals surface area contributed by atoms with E-state index < -0.39 is 10.0 Å². The molecule has 0 aromatic heterocycles. The van der Waals surface area contributed by atoms with Crippen LogP contribution in [0.1, 0.15) is 48.0 Å². The first kappa shape index (κ1) is 23.0. The third-order valence-electron chi connectivity index (χ3n) is 5.51. The molecule has 2 aromatic carbocycles. The zero-order valence-electron chi connectivity index (χ0n) is 18.1. The van der Waals surface area contributed by atoms with Crippen LogP contribution in [0.2, 0.25) is 0 Å². The Morgan fingerprint density at radius 3 is 2.39 bits per heavy atom. The third-order valence-corrected chi connectivity index (χ3v) is 7.32. The quantitative estimate of drug-likeness (QED) is 0.593. The van der Waals surface area contributed by atoms with E-state index in [0.29, 0.717) is 17.9 Å². The summed E-state index contributed by atoms with van der Waals surface area (Å²) in [7, 11) is -0.541. The van der Waals surface area contributed by atoms with Crippen molar-refractivity contribution in [2.24, 2.45) is 0 Å². The van der Waals surface area contributed by atoms with E-state index in [9.17, 15) is 13.2 Å². The molecule has 1 aliphatic rings. The Hall–Kier alpha value is -2.64. The lowest BCUT2D eigenvalue weighted by molar-refractivity contribution is 0.0954. The number of hydrogen-bond donors (Lipinski definition) is 1. The molecule has 0 atom stereocenters. The van der Waals surface area contributed by atoms with Gasteiger partial charge in [-0.05, 0) is 74.1 Å². The Morgan fingerprint density at radius 2 is 1.77 bits per heavy atom. The summed E-state index contributed by atoms with van der Waals surface area (Å²) in [5.74, 6) is 0.494. The number of nitrogens with one attached hydrogen (secondary N) is 1. The highest BCUT2D eigenvalue weighted by Crippen LogP contribution is 2.21. The van der Waals surface area contributed by atoms with E-state index in [2.05, 4.69) is 11.4 Å². The molecule has 0 unspecified atom stereocenters. The van der Waals surface area contributed by atoms with Crippen molar-refractivity contribution in [1.29, 1.82) is 0 Å². The number of sulfonamides is 1. The van der Waals surface area contributed by atoms with Crippen molar-refractivity contribution in [1.82, 2.24) is 9.62 Å². The van der Waals surface area contributed by atoms with Crippen molar-refractivity contribution in [2.75, 3.05) is 20.7 Å². The Bertz CT molecular complexity index is 1010. The minimum Gasteiger partial charge on any atom is -0.497 e. The van der Waals surface area contributed by atoms with Gasteiger partial charge in [-0.1, -0.05) is 23.8 Å². The molecule has 0 bridgehead atoms. The van der Waals surface area contributed by atoms with Crippen molar-refractivity contribution < 1.29 is 17.9 Å². The smallest absolute Gasteiger partial charge is 0.251 e. The predicted molar refractivity (Wildman–Crippen MR) is 122 cm³/mol. The molecule has 1 amide bonds. The van der Waals surface area contributed by atoms with Crippen LogP contribution in [0.3, 0.4) is 0 Å². The maximum Gasteiger partial charge on any atom is 0.251 e. The Kier molecular flexibility index (Phi) is 7.87. The number of rotatable bonds is 9. The molecule has 2 aromatic rings. The fourth-order valence-corrected chi connectivity index (χ4v) is 4.76. The summed E-state index contributed by atoms with van der Waals surface area (Å²) in [6, 6.07) is 13.4. The van der Waals surface area contributed by atoms with Crippen molar-refractivity contribution >= 4 is 15.9 Å². The molecule has 0 saturated carbocycles. The summed E-state index contributed by atoms with van der Waals surface area (Å²) in [6.07, 6.45) is 7.98. The second-order valence-corrected chi connectivity index (χ2v) is 9.79. The number of ether oxygens (including phenoxy) is 1. The molecule has 0 radical (unpaired) electrons. The lowest BCUT2D eigenvalue weighted by Gasteiger charge is -2.18. The zero-order valence-corrected chi connectivity index (χ0v) is 19.0. The minimum atomic E-state index is -3.62. The molecule has 0 fully saturated rings. The van der Waals surface area contributed by atoms with Crippen LogP contribution >= 0.6 is 0 Å². The SMILES string of the molecule is COc1ccc(S(=O)(=O)N(C)Cc2ccc(C(=O)NCCC3=CCCCC3)cc2)cc1. The van der Waals surface area contributed by atoms with Crippen molar-refractivity contribution in [2.45, 2.75) is 43.5 Å². The summed E-state index contributed by atoms with van der Waals surface area (Å²) in [5, 5.41) is 2.97. The van der Waals surface area contributed by atoms with Crippen LogP contribution in [0.25, 0.3) is 0 Å². The van der Waals surface area contributed by atoms with Crippen molar-refractivity contribution in [3.63, 3.8) is 0 Å². The molecule has 166 valence electrons. The molecule has 7 heteroatoms. The molecule has 31 heavy (non-hydrogen) atoms. The Balaban J connectivity index is 1.55. The van der Waals surface area contributed by atoms with Crippen LogP contribution in [0.5, 0.6) is 5.75 Å². The average Bonchev–Trinajstić information content (AvgIpc) is 2.80. The summed E-state index contributed by atoms with van der Waals surface area (Å²) >= 11 is 0. The summed E-state index contributed by atoms with van der Waals surface area (Å²) < 4.78 is 31.9. The average molecular weight is 443 g/mol. The van der Waals surface area contributed by atoms with Crippen LogP contribution in [0, 0.1) is 0 Å². The monoisotopic (exact) mass is 442 g/mol. The molecular formula is C24H30N2O4S. The Morgan fingerprint density at radius 1 is 1.06 bits per heavy atom. The highest BCUT2D eigenvalue weighted by atomic mass is 32.2. The number of allylic oxidation sites excluding steroid dienone is 1. The first-order chi connectivity index (χ1) is 14.9. The summed E-state index contributed by atoms with van der Waals surface area (Å²) in [6.45, 7) is 0.847. The maximum absolute atomic E-state index is 12.8. The number of hydrogen-bond acceptors (Lipinski definition) is 4. The lowest BCUT2D eigenvalue weighted by Crippen LogP contribution is -2.27. The van der Waals surface area contributed by atoms with Crippen LogP contribution < -0.4 is 10.1 Å². The summed E-state index contributed by atoms with van der Waals surface area (Å²) in [4.78, 5) is 12.6. The van der Waals surface area contributed by atoms with Gasteiger partial charge >= 0.3 is 0 Å². The van der Waals surface area contributed by atoms with Gasteiger partial charge < -0.3 is 10.1 Å². The van der Waals surface area contributed by atoms with E-state index in [1.807, 2.05) is 0 Å². The van der Waals surface area contributed by atoms with Gasteiger partial charge in [-0.2, -0.15) is 4.31 Å². The zero-order chi connectivity index (χ0) is 22.3. The largest absolute Gasteiger partial charge is 0.497 e. The minimum absolute atomic E-state index is 0.109. The highest BCUT2D eigenvalue weighted by Gasteiger charge is 2.21. The van der Waals surface area contributed by atoms with Gasteiger partial charge in [-0.25, -0.2) is 8.42 Å². The van der Waals surface area contributed by atoms with Gasteiger partial charge in [0.25, 0.3) is 5.91 Å². The number of nitrogens with zero attached hydrogens (tertiary/aromatic N) is 1. The molecule has 0 spiro atoms. The van der Waals surface area contributed by atoms with E-state index in [4.69, 9.17) is 4.74 Å². The van der Waals surface area contributed by atoms with Crippen molar-refractivity contribution in [3.05, 3.63) is 71.3 Å². The van der Waals surface area contributed by atoms with Gasteiger partial charge in [0.05, 0.1) is 12.0 Å². The molecule has 6 nitrogen and oxygen atoms in total. The van der Waals surface area contributed by atoms with E-state index in [1.54, 1.807) is 43.4 Å². The van der Waals surface area contributed by atoms with Gasteiger partial charge in [0.1, 0.15) is 5.75 Å². The van der Waals surface area contributed by atoms with E-state index in [0.717, 1.165) is 24.8 Å². The second-order valence-electron chi connectivity index (χ2n) is 7.75. The maximum atomic E-state index is 12.8. The number of benzene rings is 2. The molecule has 1 N–H and O–H groups in total. The first-order valence-corrected chi connectivity index (χ1v) is 12.0. The van der Waals surface area contributed by atoms with Crippen LogP contribution in [-0.2, 0) is 16.6 Å². The molecule has 0 aliphatic heterocycles. The number of amides is 1. The topological polar surface area (TPSA) is 75.7 Å². The van der Waals surface area contributed by atoms with E-state index >= 15 is 0 Å². The highest BCUT2D eigenvalue weighted by molar-refractivity contribution is 7.89. The van der Waals surface area contributed by atoms with Gasteiger partial charge in [0.2, 0.25) is 10.0 Å². The summed E-state index contributed by atoms with van der Waals surface area (Å²) in [5.41, 5.74) is 2.81. The van der Waals surface area contributed by atoms with Crippen LogP contribution in [0.4, 0.5) is 0 Å². The van der Waals surface area contributed by atoms with E-state index in [1.165, 1.54) is 42.0 Å². The van der Waals surface area contributed by atoms with Gasteiger partial charge in [-0.15, -0.1) is 0 Å². The molecule has 0 heterocycles. The van der Waals surface area contributed by atoms with Crippen LogP contribution in [-0.4, -0.2) is 39.3 Å². The van der Waals surface area contributed by atoms with Crippen LogP contribution in [0.15, 0.2) is 65.1 Å². The number of carbonyl (C=O) groups is 1. The predicted octanol–water partition coefficient (Wildman–Crippen LogP) is 4.14.